The zero-order valence-electron chi connectivity index (χ0n) is 10.2. The summed E-state index contributed by atoms with van der Waals surface area (Å²) in [6, 6.07) is 6.67. The van der Waals surface area contributed by atoms with Crippen LogP contribution in [0.2, 0.25) is 0 Å². The van der Waals surface area contributed by atoms with Gasteiger partial charge in [-0.25, -0.2) is 0 Å². The molecule has 1 aliphatic heterocycles. The van der Waals surface area contributed by atoms with Crippen LogP contribution in [-0.2, 0) is 4.79 Å². The van der Waals surface area contributed by atoms with Gasteiger partial charge < -0.3 is 10.6 Å². The Morgan fingerprint density at radius 1 is 1.47 bits per heavy atom. The highest BCUT2D eigenvalue weighted by atomic mass is 32.2. The normalized spacial score (nSPS) is 19.1. The molecular formula is C13H18N2OS. The van der Waals surface area contributed by atoms with Crippen molar-refractivity contribution in [2.24, 2.45) is 0 Å². The third-order valence-electron chi connectivity index (χ3n) is 2.84. The molecule has 0 saturated carbocycles. The molecule has 1 aliphatic rings. The molecule has 4 heteroatoms. The lowest BCUT2D eigenvalue weighted by Gasteiger charge is -2.15. The first-order valence-corrected chi connectivity index (χ1v) is 7.03. The molecule has 1 fully saturated rings. The molecule has 3 nitrogen and oxygen atoms in total. The minimum atomic E-state index is -0.0268. The van der Waals surface area contributed by atoms with E-state index in [1.165, 1.54) is 24.9 Å². The van der Waals surface area contributed by atoms with E-state index in [1.807, 2.05) is 30.8 Å². The van der Waals surface area contributed by atoms with Gasteiger partial charge in [0.25, 0.3) is 0 Å². The molecule has 0 aromatic heterocycles. The molecular weight excluding hydrogens is 232 g/mol. The molecule has 1 unspecified atom stereocenters. The van der Waals surface area contributed by atoms with E-state index in [-0.39, 0.29) is 5.91 Å². The second kappa shape index (κ2) is 5.45. The summed E-state index contributed by atoms with van der Waals surface area (Å²) in [5, 5.41) is 6.35. The topological polar surface area (TPSA) is 41.1 Å². The molecule has 0 bridgehead atoms. The maximum absolute atomic E-state index is 11.0. The van der Waals surface area contributed by atoms with Crippen LogP contribution >= 0.6 is 11.8 Å². The van der Waals surface area contributed by atoms with E-state index in [1.54, 1.807) is 0 Å². The first-order valence-electron chi connectivity index (χ1n) is 5.87. The van der Waals surface area contributed by atoms with Crippen LogP contribution in [0.3, 0.4) is 0 Å². The third-order valence-corrected chi connectivity index (χ3v) is 4.00. The lowest BCUT2D eigenvalue weighted by atomic mass is 10.1. The molecule has 1 amide bonds. The minimum absolute atomic E-state index is 0.0268. The van der Waals surface area contributed by atoms with Crippen molar-refractivity contribution in [3.8, 4) is 0 Å². The average molecular weight is 250 g/mol. The Balaban J connectivity index is 2.04. The van der Waals surface area contributed by atoms with Crippen LogP contribution < -0.4 is 10.6 Å². The van der Waals surface area contributed by atoms with E-state index in [0.717, 1.165) is 16.9 Å². The van der Waals surface area contributed by atoms with Gasteiger partial charge in [-0.15, -0.1) is 0 Å². The van der Waals surface area contributed by atoms with Crippen LogP contribution in [0.4, 0.5) is 11.4 Å². The number of nitrogens with one attached hydrogen (secondary N) is 2. The fourth-order valence-corrected chi connectivity index (χ4v) is 3.12. The Morgan fingerprint density at radius 3 is 2.88 bits per heavy atom. The van der Waals surface area contributed by atoms with Gasteiger partial charge >= 0.3 is 0 Å². The Bertz CT molecular complexity index is 414. The highest BCUT2D eigenvalue weighted by molar-refractivity contribution is 7.99. The standard InChI is InChI=1S/C13H18N2OS/c1-9-7-11(15-12-5-6-17-8-12)3-4-13(9)14-10(2)16/h3-4,7,12,15H,5-6,8H2,1-2H3,(H,14,16). The van der Waals surface area contributed by atoms with Gasteiger partial charge in [0.1, 0.15) is 0 Å². The number of anilines is 2. The van der Waals surface area contributed by atoms with Gasteiger partial charge in [0.15, 0.2) is 0 Å². The van der Waals surface area contributed by atoms with E-state index >= 15 is 0 Å². The molecule has 17 heavy (non-hydrogen) atoms. The highest BCUT2D eigenvalue weighted by Crippen LogP contribution is 2.24. The molecule has 0 aliphatic carbocycles. The summed E-state index contributed by atoms with van der Waals surface area (Å²) in [4.78, 5) is 11.0. The predicted octanol–water partition coefficient (Wildman–Crippen LogP) is 2.87. The molecule has 0 spiro atoms. The summed E-state index contributed by atoms with van der Waals surface area (Å²) in [6.07, 6.45) is 1.23. The smallest absolute Gasteiger partial charge is 0.221 e. The predicted molar refractivity (Wildman–Crippen MR) is 74.8 cm³/mol. The van der Waals surface area contributed by atoms with Crippen molar-refractivity contribution in [2.45, 2.75) is 26.3 Å². The molecule has 1 atom stereocenters. The van der Waals surface area contributed by atoms with Gasteiger partial charge in [-0.05, 0) is 42.9 Å². The van der Waals surface area contributed by atoms with Crippen molar-refractivity contribution >= 4 is 29.0 Å². The van der Waals surface area contributed by atoms with Gasteiger partial charge in [0.05, 0.1) is 0 Å². The number of carbonyl (C=O) groups excluding carboxylic acids is 1. The molecule has 1 saturated heterocycles. The van der Waals surface area contributed by atoms with Crippen LogP contribution in [0.5, 0.6) is 0 Å². The Morgan fingerprint density at radius 2 is 2.29 bits per heavy atom. The maximum atomic E-state index is 11.0. The number of thioether (sulfide) groups is 1. The van der Waals surface area contributed by atoms with Gasteiger partial charge in [-0.2, -0.15) is 11.8 Å². The molecule has 92 valence electrons. The van der Waals surface area contributed by atoms with Crippen molar-refractivity contribution in [1.82, 2.24) is 0 Å². The minimum Gasteiger partial charge on any atom is -0.381 e. The van der Waals surface area contributed by atoms with Crippen molar-refractivity contribution in [2.75, 3.05) is 22.1 Å². The number of benzene rings is 1. The van der Waals surface area contributed by atoms with Crippen LogP contribution in [0.25, 0.3) is 0 Å². The quantitative estimate of drug-likeness (QED) is 0.866. The Kier molecular flexibility index (Phi) is 3.94. The first-order chi connectivity index (χ1) is 8.15. The van der Waals surface area contributed by atoms with Gasteiger partial charge in [-0.1, -0.05) is 0 Å². The van der Waals surface area contributed by atoms with Crippen molar-refractivity contribution in [1.29, 1.82) is 0 Å². The number of carbonyl (C=O) groups is 1. The summed E-state index contributed by atoms with van der Waals surface area (Å²) in [6.45, 7) is 3.54. The molecule has 0 radical (unpaired) electrons. The molecule has 1 heterocycles. The number of rotatable bonds is 3. The Labute approximate surface area is 106 Å². The molecule has 1 aromatic carbocycles. The van der Waals surface area contributed by atoms with Crippen LogP contribution in [-0.4, -0.2) is 23.5 Å². The average Bonchev–Trinajstić information content (AvgIpc) is 2.74. The van der Waals surface area contributed by atoms with Crippen molar-refractivity contribution < 1.29 is 4.79 Å². The second-order valence-electron chi connectivity index (χ2n) is 4.42. The van der Waals surface area contributed by atoms with E-state index in [4.69, 9.17) is 0 Å². The molecule has 1 aromatic rings. The van der Waals surface area contributed by atoms with Crippen LogP contribution in [0.1, 0.15) is 18.9 Å². The molecule has 2 rings (SSSR count). The van der Waals surface area contributed by atoms with Gasteiger partial charge in [0, 0.05) is 30.1 Å². The van der Waals surface area contributed by atoms with Gasteiger partial charge in [-0.3, -0.25) is 4.79 Å². The van der Waals surface area contributed by atoms with E-state index in [9.17, 15) is 4.79 Å². The Hall–Kier alpha value is -1.16. The first kappa shape index (κ1) is 12.3. The molecule has 2 N–H and O–H groups in total. The summed E-state index contributed by atoms with van der Waals surface area (Å²) in [5.74, 6) is 2.41. The van der Waals surface area contributed by atoms with Gasteiger partial charge in [0.2, 0.25) is 5.91 Å². The SMILES string of the molecule is CC(=O)Nc1ccc(NC2CCSC2)cc1C. The van der Waals surface area contributed by atoms with Crippen molar-refractivity contribution in [3.63, 3.8) is 0 Å². The zero-order valence-corrected chi connectivity index (χ0v) is 11.1. The largest absolute Gasteiger partial charge is 0.381 e. The summed E-state index contributed by atoms with van der Waals surface area (Å²) in [7, 11) is 0. The van der Waals surface area contributed by atoms with Crippen molar-refractivity contribution in [3.05, 3.63) is 23.8 Å². The summed E-state index contributed by atoms with van der Waals surface area (Å²) in [5.41, 5.74) is 3.13. The second-order valence-corrected chi connectivity index (χ2v) is 5.57. The summed E-state index contributed by atoms with van der Waals surface area (Å²) < 4.78 is 0. The van der Waals surface area contributed by atoms with E-state index in [0.29, 0.717) is 6.04 Å². The maximum Gasteiger partial charge on any atom is 0.221 e. The van der Waals surface area contributed by atoms with Crippen LogP contribution in [0.15, 0.2) is 18.2 Å². The lowest BCUT2D eigenvalue weighted by Crippen LogP contribution is -2.18. The van der Waals surface area contributed by atoms with E-state index < -0.39 is 0 Å². The highest BCUT2D eigenvalue weighted by Gasteiger charge is 2.15. The monoisotopic (exact) mass is 250 g/mol. The fraction of sp³-hybridized carbons (Fsp3) is 0.462. The lowest BCUT2D eigenvalue weighted by molar-refractivity contribution is -0.114. The number of hydrogen-bond acceptors (Lipinski definition) is 3. The number of hydrogen-bond donors (Lipinski definition) is 2. The number of amides is 1. The number of aryl methyl sites for hydroxylation is 1. The van der Waals surface area contributed by atoms with E-state index in [2.05, 4.69) is 16.7 Å². The zero-order chi connectivity index (χ0) is 12.3. The fourth-order valence-electron chi connectivity index (χ4n) is 1.97. The summed E-state index contributed by atoms with van der Waals surface area (Å²) >= 11 is 2.00. The van der Waals surface area contributed by atoms with Crippen LogP contribution in [0, 0.1) is 6.92 Å². The third kappa shape index (κ3) is 3.40.